The van der Waals surface area contributed by atoms with E-state index in [1.165, 1.54) is 29.4 Å². The van der Waals surface area contributed by atoms with Crippen LogP contribution >= 0.6 is 0 Å². The number of rotatable bonds is 5. The Labute approximate surface area is 130 Å². The Balaban J connectivity index is 1.60. The number of aryl methyl sites for hydroxylation is 1. The number of aromatic nitrogens is 3. The van der Waals surface area contributed by atoms with Gasteiger partial charge in [0.1, 0.15) is 0 Å². The highest BCUT2D eigenvalue weighted by Gasteiger charge is 2.14. The van der Waals surface area contributed by atoms with E-state index >= 15 is 0 Å². The fourth-order valence-electron chi connectivity index (χ4n) is 2.02. The molecule has 0 bridgehead atoms. The van der Waals surface area contributed by atoms with Gasteiger partial charge in [-0.2, -0.15) is 0 Å². The summed E-state index contributed by atoms with van der Waals surface area (Å²) in [6, 6.07) is 4.92. The third kappa shape index (κ3) is 3.20. The zero-order valence-corrected chi connectivity index (χ0v) is 12.4. The van der Waals surface area contributed by atoms with E-state index < -0.39 is 0 Å². The quantitative estimate of drug-likeness (QED) is 0.759. The summed E-state index contributed by atoms with van der Waals surface area (Å²) in [4.78, 5) is 27.8. The van der Waals surface area contributed by atoms with Gasteiger partial charge < -0.3 is 14.3 Å². The number of nitrogens with one attached hydrogen (secondary N) is 1. The summed E-state index contributed by atoms with van der Waals surface area (Å²) in [6.07, 6.45) is 4.45. The third-order valence-corrected chi connectivity index (χ3v) is 3.22. The largest absolute Gasteiger partial charge is 0.461 e. The molecule has 0 spiro atoms. The first-order valence-electron chi connectivity index (χ1n) is 6.95. The van der Waals surface area contributed by atoms with Gasteiger partial charge in [0, 0.05) is 30.9 Å². The van der Waals surface area contributed by atoms with Crippen LogP contribution in [0.5, 0.6) is 0 Å². The SMILES string of the molecule is Cc1cncn(CCNC(=O)c2cc(-c3ccco3)on2)c1=O. The molecule has 0 fully saturated rings. The molecule has 0 atom stereocenters. The van der Waals surface area contributed by atoms with Crippen molar-refractivity contribution in [2.75, 3.05) is 6.54 Å². The second-order valence-electron chi connectivity index (χ2n) is 4.88. The predicted octanol–water partition coefficient (Wildman–Crippen LogP) is 1.23. The monoisotopic (exact) mass is 314 g/mol. The molecule has 1 N–H and O–H groups in total. The molecule has 0 saturated carbocycles. The zero-order valence-electron chi connectivity index (χ0n) is 12.4. The number of carbonyl (C=O) groups excluding carboxylic acids is 1. The summed E-state index contributed by atoms with van der Waals surface area (Å²) in [7, 11) is 0. The van der Waals surface area contributed by atoms with Crippen LogP contribution in [-0.2, 0) is 6.54 Å². The van der Waals surface area contributed by atoms with Gasteiger partial charge in [0.15, 0.2) is 11.5 Å². The first kappa shape index (κ1) is 14.8. The number of hydrogen-bond acceptors (Lipinski definition) is 6. The topological polar surface area (TPSA) is 103 Å². The normalized spacial score (nSPS) is 10.7. The van der Waals surface area contributed by atoms with Gasteiger partial charge in [-0.25, -0.2) is 4.98 Å². The summed E-state index contributed by atoms with van der Waals surface area (Å²) in [5.74, 6) is 0.480. The maximum Gasteiger partial charge on any atom is 0.273 e. The molecule has 3 heterocycles. The van der Waals surface area contributed by atoms with Gasteiger partial charge >= 0.3 is 0 Å². The molecule has 8 nitrogen and oxygen atoms in total. The Morgan fingerprint density at radius 2 is 2.26 bits per heavy atom. The highest BCUT2D eigenvalue weighted by atomic mass is 16.5. The summed E-state index contributed by atoms with van der Waals surface area (Å²) < 4.78 is 11.7. The summed E-state index contributed by atoms with van der Waals surface area (Å²) in [5.41, 5.74) is 0.570. The Hall–Kier alpha value is -3.16. The highest BCUT2D eigenvalue weighted by molar-refractivity contribution is 5.92. The third-order valence-electron chi connectivity index (χ3n) is 3.22. The fraction of sp³-hybridized carbons (Fsp3) is 0.200. The van der Waals surface area contributed by atoms with Gasteiger partial charge in [0.25, 0.3) is 11.5 Å². The molecule has 8 heteroatoms. The molecule has 0 radical (unpaired) electrons. The molecule has 23 heavy (non-hydrogen) atoms. The molecule has 1 amide bonds. The summed E-state index contributed by atoms with van der Waals surface area (Å²) in [5, 5.41) is 6.37. The van der Waals surface area contributed by atoms with E-state index in [9.17, 15) is 9.59 Å². The molecule has 3 aromatic rings. The van der Waals surface area contributed by atoms with Gasteiger partial charge in [0.2, 0.25) is 5.76 Å². The number of hydrogen-bond donors (Lipinski definition) is 1. The van der Waals surface area contributed by atoms with Crippen molar-refractivity contribution in [1.82, 2.24) is 20.0 Å². The van der Waals surface area contributed by atoms with Gasteiger partial charge in [-0.15, -0.1) is 0 Å². The molecule has 3 rings (SSSR count). The van der Waals surface area contributed by atoms with Crippen molar-refractivity contribution in [3.63, 3.8) is 0 Å². The van der Waals surface area contributed by atoms with E-state index in [0.29, 0.717) is 23.6 Å². The molecule has 0 aromatic carbocycles. The lowest BCUT2D eigenvalue weighted by molar-refractivity contribution is 0.0943. The van der Waals surface area contributed by atoms with Crippen LogP contribution in [-0.4, -0.2) is 27.2 Å². The summed E-state index contributed by atoms with van der Waals surface area (Å²) >= 11 is 0. The summed E-state index contributed by atoms with van der Waals surface area (Å²) in [6.45, 7) is 2.28. The minimum Gasteiger partial charge on any atom is -0.461 e. The number of furan rings is 1. The Kier molecular flexibility index (Phi) is 4.05. The molecule has 0 aliphatic carbocycles. The lowest BCUT2D eigenvalue weighted by Gasteiger charge is -2.06. The lowest BCUT2D eigenvalue weighted by atomic mass is 10.3. The number of nitrogens with zero attached hydrogens (tertiary/aromatic N) is 3. The molecule has 0 aliphatic heterocycles. The van der Waals surface area contributed by atoms with Crippen LogP contribution < -0.4 is 10.9 Å². The minimum absolute atomic E-state index is 0.129. The van der Waals surface area contributed by atoms with E-state index in [-0.39, 0.29) is 23.7 Å². The molecule has 0 aliphatic rings. The number of amides is 1. The molecular formula is C15H14N4O4. The van der Waals surface area contributed by atoms with Gasteiger partial charge in [-0.1, -0.05) is 5.16 Å². The van der Waals surface area contributed by atoms with Crippen molar-refractivity contribution in [3.8, 4) is 11.5 Å². The fourth-order valence-corrected chi connectivity index (χ4v) is 2.02. The van der Waals surface area contributed by atoms with E-state index in [0.717, 1.165) is 0 Å². The van der Waals surface area contributed by atoms with Crippen molar-refractivity contribution in [3.05, 3.63) is 58.6 Å². The maximum atomic E-state index is 12.0. The van der Waals surface area contributed by atoms with E-state index in [4.69, 9.17) is 8.94 Å². The average Bonchev–Trinajstić information content (AvgIpc) is 3.21. The van der Waals surface area contributed by atoms with Crippen LogP contribution in [0.3, 0.4) is 0 Å². The molecule has 0 saturated heterocycles. The van der Waals surface area contributed by atoms with Crippen molar-refractivity contribution < 1.29 is 13.7 Å². The molecule has 3 aromatic heterocycles. The molecule has 118 valence electrons. The zero-order chi connectivity index (χ0) is 16.2. The first-order chi connectivity index (χ1) is 11.1. The molecule has 0 unspecified atom stereocenters. The second kappa shape index (κ2) is 6.30. The van der Waals surface area contributed by atoms with Crippen LogP contribution in [0.4, 0.5) is 0 Å². The van der Waals surface area contributed by atoms with Gasteiger partial charge in [-0.3, -0.25) is 14.2 Å². The van der Waals surface area contributed by atoms with Crippen molar-refractivity contribution in [1.29, 1.82) is 0 Å². The smallest absolute Gasteiger partial charge is 0.273 e. The van der Waals surface area contributed by atoms with E-state index in [1.54, 1.807) is 19.1 Å². The minimum atomic E-state index is -0.389. The lowest BCUT2D eigenvalue weighted by Crippen LogP contribution is -2.31. The number of carbonyl (C=O) groups is 1. The van der Waals surface area contributed by atoms with E-state index in [2.05, 4.69) is 15.5 Å². The van der Waals surface area contributed by atoms with Crippen molar-refractivity contribution in [2.24, 2.45) is 0 Å². The second-order valence-corrected chi connectivity index (χ2v) is 4.88. The van der Waals surface area contributed by atoms with E-state index in [1.807, 2.05) is 0 Å². The first-order valence-corrected chi connectivity index (χ1v) is 6.95. The van der Waals surface area contributed by atoms with Gasteiger partial charge in [-0.05, 0) is 19.1 Å². The van der Waals surface area contributed by atoms with Crippen LogP contribution in [0.15, 0.2) is 50.7 Å². The standard InChI is InChI=1S/C15H14N4O4/c1-10-8-16-9-19(15(10)21)5-4-17-14(20)11-7-13(23-18-11)12-3-2-6-22-12/h2-3,6-9H,4-5H2,1H3,(H,17,20). The Morgan fingerprint density at radius 3 is 3.04 bits per heavy atom. The maximum absolute atomic E-state index is 12.0. The highest BCUT2D eigenvalue weighted by Crippen LogP contribution is 2.20. The van der Waals surface area contributed by atoms with Crippen LogP contribution in [0.2, 0.25) is 0 Å². The van der Waals surface area contributed by atoms with Crippen molar-refractivity contribution >= 4 is 5.91 Å². The van der Waals surface area contributed by atoms with Crippen molar-refractivity contribution in [2.45, 2.75) is 13.5 Å². The predicted molar refractivity (Wildman–Crippen MR) is 79.8 cm³/mol. The Bertz CT molecular complexity index is 864. The van der Waals surface area contributed by atoms with Crippen LogP contribution in [0.1, 0.15) is 16.1 Å². The Morgan fingerprint density at radius 1 is 1.39 bits per heavy atom. The molecular weight excluding hydrogens is 300 g/mol. The van der Waals surface area contributed by atoms with Gasteiger partial charge in [0.05, 0.1) is 12.6 Å². The van der Waals surface area contributed by atoms with Crippen LogP contribution in [0.25, 0.3) is 11.5 Å². The van der Waals surface area contributed by atoms with Crippen LogP contribution in [0, 0.1) is 6.92 Å². The average molecular weight is 314 g/mol.